The minimum Gasteiger partial charge on any atom is -0.454 e. The first kappa shape index (κ1) is 13.0. The molecule has 0 saturated carbocycles. The van der Waals surface area contributed by atoms with Crippen LogP contribution in [0.3, 0.4) is 0 Å². The van der Waals surface area contributed by atoms with Gasteiger partial charge in [-0.05, 0) is 24.6 Å². The lowest BCUT2D eigenvalue weighted by atomic mass is 10.2. The van der Waals surface area contributed by atoms with Crippen molar-refractivity contribution in [2.24, 2.45) is 0 Å². The van der Waals surface area contributed by atoms with Crippen molar-refractivity contribution in [1.82, 2.24) is 9.97 Å². The second-order valence-electron chi connectivity index (χ2n) is 4.64. The van der Waals surface area contributed by atoms with Gasteiger partial charge in [-0.15, -0.1) is 0 Å². The van der Waals surface area contributed by atoms with Crippen LogP contribution in [0.25, 0.3) is 0 Å². The van der Waals surface area contributed by atoms with Gasteiger partial charge in [0.25, 0.3) is 0 Å². The van der Waals surface area contributed by atoms with Crippen molar-refractivity contribution in [2.75, 3.05) is 18.7 Å². The molecule has 1 aliphatic rings. The third kappa shape index (κ3) is 2.63. The summed E-state index contributed by atoms with van der Waals surface area (Å²) in [5.74, 6) is 3.02. The fourth-order valence-electron chi connectivity index (χ4n) is 2.11. The monoisotopic (exact) mass is 291 g/mol. The highest BCUT2D eigenvalue weighted by atomic mass is 35.5. The number of hydrogen-bond donors (Lipinski definition) is 0. The molecule has 1 aliphatic heterocycles. The first-order valence-corrected chi connectivity index (χ1v) is 6.60. The number of benzene rings is 1. The zero-order chi connectivity index (χ0) is 14.1. The summed E-state index contributed by atoms with van der Waals surface area (Å²) in [5.41, 5.74) is 1.11. The Morgan fingerprint density at radius 3 is 2.80 bits per heavy atom. The highest BCUT2D eigenvalue weighted by Gasteiger charge is 2.14. The van der Waals surface area contributed by atoms with E-state index in [2.05, 4.69) is 9.97 Å². The van der Waals surface area contributed by atoms with E-state index in [0.29, 0.717) is 17.5 Å². The van der Waals surface area contributed by atoms with E-state index in [1.165, 1.54) is 0 Å². The minimum atomic E-state index is 0.287. The lowest BCUT2D eigenvalue weighted by Gasteiger charge is -2.18. The van der Waals surface area contributed by atoms with Crippen molar-refractivity contribution in [2.45, 2.75) is 13.5 Å². The Kier molecular flexibility index (Phi) is 3.36. The molecule has 2 heterocycles. The maximum absolute atomic E-state index is 5.96. The smallest absolute Gasteiger partial charge is 0.231 e. The molecule has 0 atom stereocenters. The van der Waals surface area contributed by atoms with Crippen LogP contribution in [-0.2, 0) is 6.54 Å². The molecule has 0 amide bonds. The van der Waals surface area contributed by atoms with Crippen molar-refractivity contribution in [1.29, 1.82) is 0 Å². The van der Waals surface area contributed by atoms with Crippen molar-refractivity contribution in [3.63, 3.8) is 0 Å². The van der Waals surface area contributed by atoms with Gasteiger partial charge in [0.2, 0.25) is 6.79 Å². The number of anilines is 1. The molecule has 1 aromatic carbocycles. The number of halogens is 1. The van der Waals surface area contributed by atoms with E-state index in [9.17, 15) is 0 Å². The maximum Gasteiger partial charge on any atom is 0.231 e. The number of aromatic nitrogens is 2. The molecule has 0 saturated heterocycles. The van der Waals surface area contributed by atoms with Crippen LogP contribution in [0.1, 0.15) is 11.4 Å². The fraction of sp³-hybridized carbons (Fsp3) is 0.286. The van der Waals surface area contributed by atoms with Crippen molar-refractivity contribution >= 4 is 17.4 Å². The highest BCUT2D eigenvalue weighted by Crippen LogP contribution is 2.33. The summed E-state index contributed by atoms with van der Waals surface area (Å²) < 4.78 is 10.7. The van der Waals surface area contributed by atoms with Crippen LogP contribution in [0.5, 0.6) is 11.5 Å². The van der Waals surface area contributed by atoms with Gasteiger partial charge in [-0.2, -0.15) is 0 Å². The third-order valence-electron chi connectivity index (χ3n) is 3.04. The zero-order valence-corrected chi connectivity index (χ0v) is 12.0. The van der Waals surface area contributed by atoms with Crippen molar-refractivity contribution in [3.05, 3.63) is 40.8 Å². The largest absolute Gasteiger partial charge is 0.454 e. The summed E-state index contributed by atoms with van der Waals surface area (Å²) in [6, 6.07) is 7.67. The minimum absolute atomic E-state index is 0.287. The van der Waals surface area contributed by atoms with E-state index in [0.717, 1.165) is 22.9 Å². The molecule has 3 rings (SSSR count). The molecule has 0 spiro atoms. The molecule has 2 aromatic rings. The average molecular weight is 292 g/mol. The van der Waals surface area contributed by atoms with Crippen LogP contribution in [-0.4, -0.2) is 23.8 Å². The van der Waals surface area contributed by atoms with Crippen LogP contribution >= 0.6 is 11.6 Å². The van der Waals surface area contributed by atoms with E-state index in [-0.39, 0.29) is 6.79 Å². The summed E-state index contributed by atoms with van der Waals surface area (Å²) in [6.07, 6.45) is 0. The number of hydrogen-bond acceptors (Lipinski definition) is 5. The molecule has 104 valence electrons. The van der Waals surface area contributed by atoms with Gasteiger partial charge in [0.05, 0.1) is 0 Å². The van der Waals surface area contributed by atoms with Crippen molar-refractivity contribution < 1.29 is 9.47 Å². The lowest BCUT2D eigenvalue weighted by molar-refractivity contribution is 0.174. The Hall–Kier alpha value is -2.01. The number of fused-ring (bicyclic) bond motifs is 1. The quantitative estimate of drug-likeness (QED) is 0.814. The Morgan fingerprint density at radius 2 is 2.00 bits per heavy atom. The highest BCUT2D eigenvalue weighted by molar-refractivity contribution is 6.29. The average Bonchev–Trinajstić information content (AvgIpc) is 2.85. The summed E-state index contributed by atoms with van der Waals surface area (Å²) in [7, 11) is 1.96. The summed E-state index contributed by atoms with van der Waals surface area (Å²) in [6.45, 7) is 2.81. The summed E-state index contributed by atoms with van der Waals surface area (Å²) >= 11 is 5.96. The first-order valence-electron chi connectivity index (χ1n) is 6.22. The molecular formula is C14H14ClN3O2. The summed E-state index contributed by atoms with van der Waals surface area (Å²) in [5, 5.41) is 0.449. The van der Waals surface area contributed by atoms with Gasteiger partial charge in [-0.3, -0.25) is 0 Å². The second kappa shape index (κ2) is 5.17. The SMILES string of the molecule is Cc1nc(Cl)cc(N(C)Cc2ccc3c(c2)OCO3)n1. The second-order valence-corrected chi connectivity index (χ2v) is 5.03. The Morgan fingerprint density at radius 1 is 1.20 bits per heavy atom. The Bertz CT molecular complexity index is 628. The van der Waals surface area contributed by atoms with E-state index >= 15 is 0 Å². The predicted molar refractivity (Wildman–Crippen MR) is 76.5 cm³/mol. The molecule has 20 heavy (non-hydrogen) atoms. The standard InChI is InChI=1S/C14H14ClN3O2/c1-9-16-13(15)6-14(17-9)18(2)7-10-3-4-11-12(5-10)20-8-19-11/h3-6H,7-8H2,1-2H3. The zero-order valence-electron chi connectivity index (χ0n) is 11.3. The molecule has 0 radical (unpaired) electrons. The fourth-order valence-corrected chi connectivity index (χ4v) is 2.33. The van der Waals surface area contributed by atoms with Crippen molar-refractivity contribution in [3.8, 4) is 11.5 Å². The lowest BCUT2D eigenvalue weighted by Crippen LogP contribution is -2.18. The van der Waals surface area contributed by atoms with Gasteiger partial charge in [-0.1, -0.05) is 17.7 Å². The third-order valence-corrected chi connectivity index (χ3v) is 3.23. The first-order chi connectivity index (χ1) is 9.61. The van der Waals surface area contributed by atoms with Crippen LogP contribution in [0.4, 0.5) is 5.82 Å². The molecule has 0 bridgehead atoms. The molecule has 1 aromatic heterocycles. The van der Waals surface area contributed by atoms with Crippen LogP contribution in [0.2, 0.25) is 5.15 Å². The Labute approximate surface area is 122 Å². The molecule has 6 heteroatoms. The molecule has 0 fully saturated rings. The molecule has 0 aliphatic carbocycles. The number of ether oxygens (including phenoxy) is 2. The van der Waals surface area contributed by atoms with E-state index in [1.54, 1.807) is 6.07 Å². The van der Waals surface area contributed by atoms with Gasteiger partial charge >= 0.3 is 0 Å². The molecule has 0 N–H and O–H groups in total. The number of aryl methyl sites for hydroxylation is 1. The number of rotatable bonds is 3. The van der Waals surface area contributed by atoms with Crippen LogP contribution < -0.4 is 14.4 Å². The van der Waals surface area contributed by atoms with E-state index < -0.39 is 0 Å². The van der Waals surface area contributed by atoms with Crippen LogP contribution in [0, 0.1) is 6.92 Å². The normalized spacial score (nSPS) is 12.6. The van der Waals surface area contributed by atoms with Gasteiger partial charge in [0, 0.05) is 19.7 Å². The number of nitrogens with zero attached hydrogens (tertiary/aromatic N) is 3. The van der Waals surface area contributed by atoms with Crippen LogP contribution in [0.15, 0.2) is 24.3 Å². The molecule has 5 nitrogen and oxygen atoms in total. The van der Waals surface area contributed by atoms with E-state index in [1.807, 2.05) is 37.1 Å². The molecule has 0 unspecified atom stereocenters. The van der Waals surface area contributed by atoms with Gasteiger partial charge in [-0.25, -0.2) is 9.97 Å². The Balaban J connectivity index is 1.80. The predicted octanol–water partition coefficient (Wildman–Crippen LogP) is 2.80. The molecular weight excluding hydrogens is 278 g/mol. The topological polar surface area (TPSA) is 47.5 Å². The van der Waals surface area contributed by atoms with Gasteiger partial charge in [0.1, 0.15) is 16.8 Å². The van der Waals surface area contributed by atoms with Gasteiger partial charge in [0.15, 0.2) is 11.5 Å². The van der Waals surface area contributed by atoms with E-state index in [4.69, 9.17) is 21.1 Å². The van der Waals surface area contributed by atoms with Gasteiger partial charge < -0.3 is 14.4 Å². The summed E-state index contributed by atoms with van der Waals surface area (Å²) in [4.78, 5) is 10.5. The maximum atomic E-state index is 5.96.